The van der Waals surface area contributed by atoms with Gasteiger partial charge in [0.15, 0.2) is 0 Å². The number of benzene rings is 3. The predicted octanol–water partition coefficient (Wildman–Crippen LogP) is 5.81. The zero-order chi connectivity index (χ0) is 14.3. The van der Waals surface area contributed by atoms with Gasteiger partial charge in [0, 0.05) is 0 Å². The maximum Gasteiger partial charge on any atom is -0.00867 e. The van der Waals surface area contributed by atoms with Gasteiger partial charge in [-0.1, -0.05) is 79.2 Å². The molecular weight excluding hydrogens is 252 g/mol. The van der Waals surface area contributed by atoms with E-state index in [0.717, 1.165) is 6.42 Å². The van der Waals surface area contributed by atoms with E-state index in [9.17, 15) is 0 Å². The molecule has 0 unspecified atom stereocenters. The Labute approximate surface area is 127 Å². The summed E-state index contributed by atoms with van der Waals surface area (Å²) in [6.45, 7) is 0. The van der Waals surface area contributed by atoms with Crippen LogP contribution >= 0.6 is 0 Å². The number of unbranched alkanes of at least 4 members (excludes halogenated alkanes) is 2. The van der Waals surface area contributed by atoms with Gasteiger partial charge in [-0.3, -0.25) is 0 Å². The fraction of sp³-hybridized carbons (Fsp3) is 0.190. The van der Waals surface area contributed by atoms with Crippen LogP contribution in [0.15, 0.2) is 72.8 Å². The number of hydrogen-bond donors (Lipinski definition) is 0. The first-order valence-electron chi connectivity index (χ1n) is 7.78. The van der Waals surface area contributed by atoms with Crippen molar-refractivity contribution in [2.75, 3.05) is 0 Å². The molecule has 0 nitrogen and oxygen atoms in total. The minimum atomic E-state index is 1.15. The van der Waals surface area contributed by atoms with Crippen LogP contribution in [-0.2, 0) is 6.42 Å². The Hall–Kier alpha value is -2.08. The van der Waals surface area contributed by atoms with E-state index in [4.69, 9.17) is 0 Å². The number of fused-ring (bicyclic) bond motifs is 1. The van der Waals surface area contributed by atoms with Gasteiger partial charge >= 0.3 is 0 Å². The van der Waals surface area contributed by atoms with Crippen LogP contribution in [0, 0.1) is 6.42 Å². The van der Waals surface area contributed by atoms with Crippen LogP contribution in [0.4, 0.5) is 0 Å². The highest BCUT2D eigenvalue weighted by atomic mass is 14.0. The lowest BCUT2D eigenvalue weighted by molar-refractivity contribution is 0.732. The standard InChI is InChI=1S/C21H21/c1-3-10-18(11-4-1)12-5-2-6-13-19-15-9-16-20-14-7-8-17-21(19)20/h1,3-4,7-11,13-17H,2,5-6,12H2. The molecule has 3 rings (SSSR count). The summed E-state index contributed by atoms with van der Waals surface area (Å²) in [4.78, 5) is 0. The first-order valence-corrected chi connectivity index (χ1v) is 7.78. The summed E-state index contributed by atoms with van der Waals surface area (Å²) in [5.41, 5.74) is 2.82. The van der Waals surface area contributed by atoms with Crippen molar-refractivity contribution in [1.82, 2.24) is 0 Å². The van der Waals surface area contributed by atoms with Crippen molar-refractivity contribution in [3.8, 4) is 0 Å². The zero-order valence-electron chi connectivity index (χ0n) is 12.3. The molecule has 105 valence electrons. The molecule has 0 fully saturated rings. The fourth-order valence-electron chi connectivity index (χ4n) is 2.80. The molecule has 0 aromatic heterocycles. The molecule has 0 heteroatoms. The molecule has 0 amide bonds. The largest absolute Gasteiger partial charge is 0.0622 e. The van der Waals surface area contributed by atoms with Crippen LogP contribution < -0.4 is 0 Å². The molecule has 21 heavy (non-hydrogen) atoms. The topological polar surface area (TPSA) is 0 Å². The third kappa shape index (κ3) is 3.72. The molecule has 0 aliphatic rings. The molecular formula is C21H21. The molecule has 0 aliphatic heterocycles. The zero-order valence-corrected chi connectivity index (χ0v) is 12.3. The summed E-state index contributed by atoms with van der Waals surface area (Å²) >= 11 is 0. The van der Waals surface area contributed by atoms with Crippen molar-refractivity contribution >= 4 is 10.8 Å². The van der Waals surface area contributed by atoms with Gasteiger partial charge < -0.3 is 0 Å². The summed E-state index contributed by atoms with van der Waals surface area (Å²) in [5.74, 6) is 0. The van der Waals surface area contributed by atoms with Crippen LogP contribution in [0.1, 0.15) is 30.4 Å². The number of aryl methyl sites for hydroxylation is 1. The minimum absolute atomic E-state index is 1.15. The predicted molar refractivity (Wildman–Crippen MR) is 91.3 cm³/mol. The van der Waals surface area contributed by atoms with Crippen LogP contribution in [0.5, 0.6) is 0 Å². The Morgan fingerprint density at radius 3 is 2.33 bits per heavy atom. The molecule has 3 aromatic rings. The second-order valence-corrected chi connectivity index (χ2v) is 5.50. The Kier molecular flexibility index (Phi) is 4.68. The van der Waals surface area contributed by atoms with Crippen molar-refractivity contribution in [2.45, 2.75) is 25.7 Å². The summed E-state index contributed by atoms with van der Waals surface area (Å²) in [6.07, 6.45) is 7.22. The van der Waals surface area contributed by atoms with Gasteiger partial charge in [0.1, 0.15) is 0 Å². The van der Waals surface area contributed by atoms with Gasteiger partial charge in [0.2, 0.25) is 0 Å². The molecule has 0 saturated heterocycles. The highest BCUT2D eigenvalue weighted by Crippen LogP contribution is 2.21. The van der Waals surface area contributed by atoms with Gasteiger partial charge in [-0.15, -0.1) is 0 Å². The first-order chi connectivity index (χ1) is 10.4. The molecule has 0 spiro atoms. The number of rotatable bonds is 6. The molecule has 0 atom stereocenters. The monoisotopic (exact) mass is 273 g/mol. The molecule has 0 bridgehead atoms. The normalized spacial score (nSPS) is 10.9. The van der Waals surface area contributed by atoms with Gasteiger partial charge in [-0.25, -0.2) is 0 Å². The summed E-state index contributed by atoms with van der Waals surface area (Å²) < 4.78 is 0. The Bertz CT molecular complexity index is 677. The van der Waals surface area contributed by atoms with Crippen molar-refractivity contribution in [1.29, 1.82) is 0 Å². The minimum Gasteiger partial charge on any atom is -0.0622 e. The lowest BCUT2D eigenvalue weighted by atomic mass is 9.99. The molecule has 0 heterocycles. The smallest absolute Gasteiger partial charge is 0.00867 e. The van der Waals surface area contributed by atoms with Crippen molar-refractivity contribution in [3.05, 3.63) is 90.3 Å². The van der Waals surface area contributed by atoms with Gasteiger partial charge in [-0.2, -0.15) is 0 Å². The molecule has 0 N–H and O–H groups in total. The fourth-order valence-corrected chi connectivity index (χ4v) is 2.80. The lowest BCUT2D eigenvalue weighted by Gasteiger charge is -2.06. The second kappa shape index (κ2) is 7.08. The SMILES string of the molecule is [CH](CCCCc1ccccc1)c1cccc2ccccc12. The van der Waals surface area contributed by atoms with E-state index in [1.165, 1.54) is 41.2 Å². The quantitative estimate of drug-likeness (QED) is 0.497. The Morgan fingerprint density at radius 2 is 1.43 bits per heavy atom. The molecule has 3 aromatic carbocycles. The maximum absolute atomic E-state index is 2.38. The van der Waals surface area contributed by atoms with Gasteiger partial charge in [0.25, 0.3) is 0 Å². The van der Waals surface area contributed by atoms with Crippen molar-refractivity contribution < 1.29 is 0 Å². The second-order valence-electron chi connectivity index (χ2n) is 5.50. The van der Waals surface area contributed by atoms with E-state index in [-0.39, 0.29) is 0 Å². The van der Waals surface area contributed by atoms with E-state index >= 15 is 0 Å². The highest BCUT2D eigenvalue weighted by Gasteiger charge is 2.00. The summed E-state index contributed by atoms with van der Waals surface area (Å²) in [5, 5.41) is 2.69. The Morgan fingerprint density at radius 1 is 0.667 bits per heavy atom. The van der Waals surface area contributed by atoms with E-state index < -0.39 is 0 Å². The van der Waals surface area contributed by atoms with E-state index in [1.807, 2.05) is 0 Å². The Balaban J connectivity index is 1.51. The maximum atomic E-state index is 2.38. The molecule has 0 aliphatic carbocycles. The van der Waals surface area contributed by atoms with Gasteiger partial charge in [-0.05, 0) is 47.6 Å². The first kappa shape index (κ1) is 13.9. The van der Waals surface area contributed by atoms with Crippen LogP contribution in [-0.4, -0.2) is 0 Å². The van der Waals surface area contributed by atoms with E-state index in [0.29, 0.717) is 0 Å². The molecule has 0 saturated carbocycles. The van der Waals surface area contributed by atoms with Crippen LogP contribution in [0.25, 0.3) is 10.8 Å². The van der Waals surface area contributed by atoms with E-state index in [1.54, 1.807) is 0 Å². The van der Waals surface area contributed by atoms with Crippen molar-refractivity contribution in [3.63, 3.8) is 0 Å². The third-order valence-corrected chi connectivity index (χ3v) is 3.95. The summed E-state index contributed by atoms with van der Waals surface area (Å²) in [7, 11) is 0. The molecule has 1 radical (unpaired) electrons. The summed E-state index contributed by atoms with van der Waals surface area (Å²) in [6, 6.07) is 25.9. The average Bonchev–Trinajstić information content (AvgIpc) is 2.56. The average molecular weight is 273 g/mol. The van der Waals surface area contributed by atoms with Crippen molar-refractivity contribution in [2.24, 2.45) is 0 Å². The number of hydrogen-bond acceptors (Lipinski definition) is 0. The third-order valence-electron chi connectivity index (χ3n) is 3.95. The lowest BCUT2D eigenvalue weighted by Crippen LogP contribution is -1.88. The van der Waals surface area contributed by atoms with E-state index in [2.05, 4.69) is 79.2 Å². The van der Waals surface area contributed by atoms with Gasteiger partial charge in [0.05, 0.1) is 0 Å². The highest BCUT2D eigenvalue weighted by molar-refractivity contribution is 5.86. The van der Waals surface area contributed by atoms with Crippen LogP contribution in [0.2, 0.25) is 0 Å². The van der Waals surface area contributed by atoms with Crippen LogP contribution in [0.3, 0.4) is 0 Å².